The van der Waals surface area contributed by atoms with Crippen molar-refractivity contribution in [1.29, 1.82) is 0 Å². The number of hydrogen-bond acceptors (Lipinski definition) is 5. The maximum absolute atomic E-state index is 12.8. The minimum atomic E-state index is -0.560. The molecule has 8 nitrogen and oxygen atoms in total. The van der Waals surface area contributed by atoms with Crippen LogP contribution in [0, 0.1) is 23.0 Å². The summed E-state index contributed by atoms with van der Waals surface area (Å²) in [6.07, 6.45) is 0.0409. The van der Waals surface area contributed by atoms with Gasteiger partial charge in [0.05, 0.1) is 16.5 Å². The standard InChI is InChI=1S/C28H29N3O5/c1-18-5-10-22(16-25(18)31(34)35)30-17-19(15-26(30)32)27(33)29-21-8-13-24(14-9-21)36-23-11-6-20(7-12-23)28(2,3)4/h5-14,16,19H,15,17H2,1-4H3,(H,29,33)/t19-/m1/s1. The monoisotopic (exact) mass is 487 g/mol. The lowest BCUT2D eigenvalue weighted by molar-refractivity contribution is -0.385. The molecule has 0 radical (unpaired) electrons. The summed E-state index contributed by atoms with van der Waals surface area (Å²) in [6.45, 7) is 8.27. The maximum Gasteiger partial charge on any atom is 0.274 e. The van der Waals surface area contributed by atoms with Gasteiger partial charge in [0.2, 0.25) is 11.8 Å². The van der Waals surface area contributed by atoms with Crippen LogP contribution in [0.1, 0.15) is 38.3 Å². The zero-order chi connectivity index (χ0) is 26.0. The number of aryl methyl sites for hydroxylation is 1. The Morgan fingerprint density at radius 3 is 2.22 bits per heavy atom. The van der Waals surface area contributed by atoms with Crippen LogP contribution in [0.3, 0.4) is 0 Å². The third-order valence-electron chi connectivity index (χ3n) is 6.27. The molecule has 4 rings (SSSR count). The summed E-state index contributed by atoms with van der Waals surface area (Å²) >= 11 is 0. The van der Waals surface area contributed by atoms with Crippen molar-refractivity contribution >= 4 is 28.9 Å². The van der Waals surface area contributed by atoms with Gasteiger partial charge in [-0.05, 0) is 60.4 Å². The first-order chi connectivity index (χ1) is 17.0. The average Bonchev–Trinajstić information content (AvgIpc) is 3.22. The third kappa shape index (κ3) is 5.54. The number of amides is 2. The maximum atomic E-state index is 12.8. The molecule has 2 amide bonds. The molecule has 36 heavy (non-hydrogen) atoms. The summed E-state index contributed by atoms with van der Waals surface area (Å²) in [5.41, 5.74) is 2.76. The Kier molecular flexibility index (Phi) is 6.79. The first-order valence-electron chi connectivity index (χ1n) is 11.8. The Morgan fingerprint density at radius 2 is 1.64 bits per heavy atom. The molecule has 1 saturated heterocycles. The van der Waals surface area contributed by atoms with Crippen LogP contribution in [0.2, 0.25) is 0 Å². The van der Waals surface area contributed by atoms with Crippen molar-refractivity contribution in [3.63, 3.8) is 0 Å². The van der Waals surface area contributed by atoms with E-state index in [1.807, 2.05) is 24.3 Å². The van der Waals surface area contributed by atoms with Crippen molar-refractivity contribution in [2.45, 2.75) is 39.5 Å². The smallest absolute Gasteiger partial charge is 0.274 e. The number of nitrogens with one attached hydrogen (secondary N) is 1. The van der Waals surface area contributed by atoms with Gasteiger partial charge in [0.15, 0.2) is 0 Å². The summed E-state index contributed by atoms with van der Waals surface area (Å²) in [4.78, 5) is 37.6. The first-order valence-corrected chi connectivity index (χ1v) is 11.8. The second-order valence-electron chi connectivity index (χ2n) is 10.0. The summed E-state index contributed by atoms with van der Waals surface area (Å²) in [7, 11) is 0. The number of carbonyl (C=O) groups is 2. The highest BCUT2D eigenvalue weighted by Gasteiger charge is 2.35. The summed E-state index contributed by atoms with van der Waals surface area (Å²) < 4.78 is 5.91. The van der Waals surface area contributed by atoms with Gasteiger partial charge in [-0.25, -0.2) is 0 Å². The highest BCUT2D eigenvalue weighted by molar-refractivity contribution is 6.03. The molecule has 3 aromatic rings. The van der Waals surface area contributed by atoms with Gasteiger partial charge in [0, 0.05) is 30.3 Å². The number of benzene rings is 3. The van der Waals surface area contributed by atoms with Gasteiger partial charge < -0.3 is 15.0 Å². The molecule has 1 N–H and O–H groups in total. The predicted molar refractivity (Wildman–Crippen MR) is 139 cm³/mol. The lowest BCUT2D eigenvalue weighted by Crippen LogP contribution is -2.28. The van der Waals surface area contributed by atoms with Crippen LogP contribution in [-0.4, -0.2) is 23.3 Å². The number of nitrogens with zero attached hydrogens (tertiary/aromatic N) is 2. The Hall–Kier alpha value is -4.20. The molecule has 0 aromatic heterocycles. The quantitative estimate of drug-likeness (QED) is 0.340. The number of hydrogen-bond donors (Lipinski definition) is 1. The van der Waals surface area contributed by atoms with Crippen molar-refractivity contribution < 1.29 is 19.2 Å². The molecule has 186 valence electrons. The number of nitro benzene ring substituents is 1. The van der Waals surface area contributed by atoms with Crippen LogP contribution in [0.15, 0.2) is 66.7 Å². The molecular weight excluding hydrogens is 458 g/mol. The fourth-order valence-electron chi connectivity index (χ4n) is 4.10. The van der Waals surface area contributed by atoms with Crippen LogP contribution in [0.5, 0.6) is 11.5 Å². The molecule has 8 heteroatoms. The van der Waals surface area contributed by atoms with Gasteiger partial charge in [-0.1, -0.05) is 39.0 Å². The van der Waals surface area contributed by atoms with Gasteiger partial charge in [-0.15, -0.1) is 0 Å². The van der Waals surface area contributed by atoms with E-state index < -0.39 is 10.8 Å². The number of ether oxygens (including phenoxy) is 1. The van der Waals surface area contributed by atoms with Gasteiger partial charge >= 0.3 is 0 Å². The summed E-state index contributed by atoms with van der Waals surface area (Å²) in [5, 5.41) is 14.1. The van der Waals surface area contributed by atoms with Crippen molar-refractivity contribution in [1.82, 2.24) is 0 Å². The molecule has 0 spiro atoms. The van der Waals surface area contributed by atoms with E-state index in [0.29, 0.717) is 22.7 Å². The topological polar surface area (TPSA) is 102 Å². The molecule has 0 aliphatic carbocycles. The largest absolute Gasteiger partial charge is 0.457 e. The van der Waals surface area contributed by atoms with E-state index in [9.17, 15) is 19.7 Å². The molecule has 1 heterocycles. The van der Waals surface area contributed by atoms with Crippen molar-refractivity contribution in [3.8, 4) is 11.5 Å². The van der Waals surface area contributed by atoms with Crippen LogP contribution in [-0.2, 0) is 15.0 Å². The zero-order valence-electron chi connectivity index (χ0n) is 20.8. The lowest BCUT2D eigenvalue weighted by atomic mass is 9.87. The fourth-order valence-corrected chi connectivity index (χ4v) is 4.10. The second-order valence-corrected chi connectivity index (χ2v) is 10.0. The summed E-state index contributed by atoms with van der Waals surface area (Å²) in [5.74, 6) is 0.281. The average molecular weight is 488 g/mol. The van der Waals surface area contributed by atoms with E-state index in [-0.39, 0.29) is 35.9 Å². The summed E-state index contributed by atoms with van der Waals surface area (Å²) in [6, 6.07) is 19.6. The van der Waals surface area contributed by atoms with Gasteiger partial charge in [-0.2, -0.15) is 0 Å². The van der Waals surface area contributed by atoms with Gasteiger partial charge in [0.25, 0.3) is 5.69 Å². The van der Waals surface area contributed by atoms with Crippen molar-refractivity contribution in [3.05, 3.63) is 88.0 Å². The van der Waals surface area contributed by atoms with Crippen molar-refractivity contribution in [2.24, 2.45) is 5.92 Å². The Morgan fingerprint density at radius 1 is 1.03 bits per heavy atom. The van der Waals surface area contributed by atoms with Crippen LogP contribution >= 0.6 is 0 Å². The molecule has 1 aliphatic rings. The first kappa shape index (κ1) is 24.9. The molecule has 0 saturated carbocycles. The number of rotatable bonds is 6. The molecule has 1 fully saturated rings. The Labute approximate surface area is 210 Å². The van der Waals surface area contributed by atoms with Crippen molar-refractivity contribution in [2.75, 3.05) is 16.8 Å². The minimum absolute atomic E-state index is 0.0409. The number of anilines is 2. The SMILES string of the molecule is Cc1ccc(N2C[C@H](C(=O)Nc3ccc(Oc4ccc(C(C)(C)C)cc4)cc3)CC2=O)cc1[N+](=O)[O-]. The number of nitro groups is 1. The highest BCUT2D eigenvalue weighted by Crippen LogP contribution is 2.31. The Bertz CT molecular complexity index is 1290. The van der Waals surface area contributed by atoms with E-state index in [1.165, 1.54) is 16.5 Å². The Balaban J connectivity index is 1.37. The second kappa shape index (κ2) is 9.81. The van der Waals surface area contributed by atoms with Crippen LogP contribution in [0.4, 0.5) is 17.1 Å². The lowest BCUT2D eigenvalue weighted by Gasteiger charge is -2.19. The van der Waals surface area contributed by atoms with Gasteiger partial charge in [-0.3, -0.25) is 19.7 Å². The van der Waals surface area contributed by atoms with E-state index in [1.54, 1.807) is 43.3 Å². The molecule has 1 aliphatic heterocycles. The molecule has 0 bridgehead atoms. The van der Waals surface area contributed by atoms with E-state index in [2.05, 4.69) is 26.1 Å². The molecule has 0 unspecified atom stereocenters. The highest BCUT2D eigenvalue weighted by atomic mass is 16.6. The minimum Gasteiger partial charge on any atom is -0.457 e. The van der Waals surface area contributed by atoms with E-state index in [4.69, 9.17) is 4.74 Å². The van der Waals surface area contributed by atoms with Gasteiger partial charge in [0.1, 0.15) is 11.5 Å². The van der Waals surface area contributed by atoms with E-state index >= 15 is 0 Å². The fraction of sp³-hybridized carbons (Fsp3) is 0.286. The zero-order valence-corrected chi connectivity index (χ0v) is 20.8. The normalized spacial score (nSPS) is 15.6. The van der Waals surface area contributed by atoms with E-state index in [0.717, 1.165) is 5.75 Å². The molecule has 1 atom stereocenters. The van der Waals surface area contributed by atoms with Crippen LogP contribution in [0.25, 0.3) is 0 Å². The molecular formula is C28H29N3O5. The predicted octanol–water partition coefficient (Wildman–Crippen LogP) is 5.98. The third-order valence-corrected chi connectivity index (χ3v) is 6.27. The number of carbonyl (C=O) groups excluding carboxylic acids is 2. The molecule has 3 aromatic carbocycles. The van der Waals surface area contributed by atoms with Crippen LogP contribution < -0.4 is 15.0 Å².